The number of carbonyl (C=O) groups is 1. The van der Waals surface area contributed by atoms with Crippen molar-refractivity contribution in [2.24, 2.45) is 0 Å². The topological polar surface area (TPSA) is 30.0 Å². The van der Waals surface area contributed by atoms with Crippen LogP contribution < -0.4 is 0 Å². The fraction of sp³-hybridized carbons (Fsp3) is 0.375. The molecule has 3 rings (SSSR count). The van der Waals surface area contributed by atoms with Gasteiger partial charge in [0.2, 0.25) is 5.78 Å². The molecule has 0 spiro atoms. The van der Waals surface area contributed by atoms with Gasteiger partial charge in [-0.15, -0.1) is 11.3 Å². The van der Waals surface area contributed by atoms with Crippen LogP contribution in [0.3, 0.4) is 0 Å². The third-order valence-corrected chi connectivity index (χ3v) is 4.84. The Kier molecular flexibility index (Phi) is 3.47. The minimum Gasteiger partial charge on any atom is -0.288 e. The second kappa shape index (κ2) is 5.25. The second-order valence-electron chi connectivity index (χ2n) is 5.20. The number of aryl methyl sites for hydroxylation is 3. The SMILES string of the molecule is Cc1cncc(C(=O)c2cc3c(s2)CCCCC3)c1. The number of hydrogen-bond acceptors (Lipinski definition) is 3. The zero-order valence-corrected chi connectivity index (χ0v) is 11.9. The molecule has 0 atom stereocenters. The van der Waals surface area contributed by atoms with Crippen LogP contribution in [0.25, 0.3) is 0 Å². The van der Waals surface area contributed by atoms with Crippen LogP contribution in [0, 0.1) is 6.92 Å². The van der Waals surface area contributed by atoms with Gasteiger partial charge in [-0.25, -0.2) is 0 Å². The number of nitrogens with zero attached hydrogens (tertiary/aromatic N) is 1. The van der Waals surface area contributed by atoms with Crippen LogP contribution in [-0.4, -0.2) is 10.8 Å². The van der Waals surface area contributed by atoms with Gasteiger partial charge in [-0.2, -0.15) is 0 Å². The molecule has 0 bridgehead atoms. The smallest absolute Gasteiger partial charge is 0.204 e. The van der Waals surface area contributed by atoms with E-state index in [-0.39, 0.29) is 5.78 Å². The molecule has 2 heterocycles. The number of fused-ring (bicyclic) bond motifs is 1. The summed E-state index contributed by atoms with van der Waals surface area (Å²) in [5, 5.41) is 0. The highest BCUT2D eigenvalue weighted by Crippen LogP contribution is 2.30. The van der Waals surface area contributed by atoms with E-state index in [0.29, 0.717) is 5.56 Å². The number of thiophene rings is 1. The monoisotopic (exact) mass is 271 g/mol. The van der Waals surface area contributed by atoms with Crippen LogP contribution in [0.2, 0.25) is 0 Å². The van der Waals surface area contributed by atoms with Gasteiger partial charge in [0.25, 0.3) is 0 Å². The van der Waals surface area contributed by atoms with Gasteiger partial charge in [0, 0.05) is 22.8 Å². The predicted molar refractivity (Wildman–Crippen MR) is 78.0 cm³/mol. The summed E-state index contributed by atoms with van der Waals surface area (Å²) in [6.07, 6.45) is 9.54. The summed E-state index contributed by atoms with van der Waals surface area (Å²) in [4.78, 5) is 18.9. The maximum Gasteiger partial charge on any atom is 0.204 e. The molecule has 2 aromatic heterocycles. The van der Waals surface area contributed by atoms with E-state index in [4.69, 9.17) is 0 Å². The molecule has 1 aliphatic carbocycles. The van der Waals surface area contributed by atoms with E-state index in [1.54, 1.807) is 23.7 Å². The van der Waals surface area contributed by atoms with E-state index in [2.05, 4.69) is 11.1 Å². The number of pyridine rings is 1. The molecule has 19 heavy (non-hydrogen) atoms. The Labute approximate surface area is 117 Å². The zero-order valence-electron chi connectivity index (χ0n) is 11.1. The third kappa shape index (κ3) is 2.61. The van der Waals surface area contributed by atoms with Crippen LogP contribution in [0.15, 0.2) is 24.5 Å². The lowest BCUT2D eigenvalue weighted by molar-refractivity contribution is 0.104. The molecule has 0 aromatic carbocycles. The van der Waals surface area contributed by atoms with E-state index in [0.717, 1.165) is 23.3 Å². The summed E-state index contributed by atoms with van der Waals surface area (Å²) in [7, 11) is 0. The Morgan fingerprint density at radius 2 is 2.00 bits per heavy atom. The molecule has 0 saturated heterocycles. The summed E-state index contributed by atoms with van der Waals surface area (Å²) in [5.41, 5.74) is 3.13. The molecular weight excluding hydrogens is 254 g/mol. The van der Waals surface area contributed by atoms with Crippen molar-refractivity contribution in [3.05, 3.63) is 51.0 Å². The van der Waals surface area contributed by atoms with Crippen molar-refractivity contribution in [3.63, 3.8) is 0 Å². The van der Waals surface area contributed by atoms with E-state index >= 15 is 0 Å². The lowest BCUT2D eigenvalue weighted by atomic mass is 10.1. The maximum atomic E-state index is 12.5. The third-order valence-electron chi connectivity index (χ3n) is 3.61. The molecule has 2 nitrogen and oxygen atoms in total. The molecule has 0 radical (unpaired) electrons. The number of ketones is 1. The number of rotatable bonds is 2. The first kappa shape index (κ1) is 12.5. The molecule has 3 heteroatoms. The average molecular weight is 271 g/mol. The summed E-state index contributed by atoms with van der Waals surface area (Å²) in [6, 6.07) is 4.02. The van der Waals surface area contributed by atoms with Crippen molar-refractivity contribution < 1.29 is 4.79 Å². The molecule has 0 fully saturated rings. The van der Waals surface area contributed by atoms with Gasteiger partial charge in [0.05, 0.1) is 4.88 Å². The number of aromatic nitrogens is 1. The quantitative estimate of drug-likeness (QED) is 0.611. The number of carbonyl (C=O) groups excluding carboxylic acids is 1. The van der Waals surface area contributed by atoms with Crippen molar-refractivity contribution in [1.82, 2.24) is 4.98 Å². The number of hydrogen-bond donors (Lipinski definition) is 0. The molecule has 0 N–H and O–H groups in total. The van der Waals surface area contributed by atoms with Gasteiger partial charge < -0.3 is 0 Å². The van der Waals surface area contributed by atoms with Crippen molar-refractivity contribution in [3.8, 4) is 0 Å². The van der Waals surface area contributed by atoms with E-state index in [9.17, 15) is 4.79 Å². The predicted octanol–water partition coefficient (Wildman–Crippen LogP) is 3.95. The van der Waals surface area contributed by atoms with Gasteiger partial charge in [0.15, 0.2) is 0 Å². The fourth-order valence-corrected chi connectivity index (χ4v) is 3.82. The van der Waals surface area contributed by atoms with Gasteiger partial charge >= 0.3 is 0 Å². The van der Waals surface area contributed by atoms with Crippen LogP contribution in [0.5, 0.6) is 0 Å². The van der Waals surface area contributed by atoms with Crippen LogP contribution in [-0.2, 0) is 12.8 Å². The summed E-state index contributed by atoms with van der Waals surface area (Å²) in [6.45, 7) is 1.97. The highest BCUT2D eigenvalue weighted by Gasteiger charge is 2.17. The minimum absolute atomic E-state index is 0.120. The highest BCUT2D eigenvalue weighted by atomic mass is 32.1. The van der Waals surface area contributed by atoms with Gasteiger partial charge in [-0.1, -0.05) is 6.42 Å². The maximum absolute atomic E-state index is 12.5. The van der Waals surface area contributed by atoms with Gasteiger partial charge in [0.1, 0.15) is 0 Å². The Morgan fingerprint density at radius 1 is 1.16 bits per heavy atom. The van der Waals surface area contributed by atoms with Crippen molar-refractivity contribution in [1.29, 1.82) is 0 Å². The molecule has 2 aromatic rings. The molecule has 1 aliphatic rings. The Balaban J connectivity index is 1.92. The summed E-state index contributed by atoms with van der Waals surface area (Å²) in [5.74, 6) is 0.120. The first-order chi connectivity index (χ1) is 9.24. The Hall–Kier alpha value is -1.48. The van der Waals surface area contributed by atoms with Gasteiger partial charge in [-0.05, 0) is 55.9 Å². The molecule has 0 amide bonds. The normalized spacial score (nSPS) is 14.8. The average Bonchev–Trinajstić information content (AvgIpc) is 2.69. The van der Waals surface area contributed by atoms with E-state index < -0.39 is 0 Å². The lowest BCUT2D eigenvalue weighted by Crippen LogP contribution is -1.99. The van der Waals surface area contributed by atoms with Crippen LogP contribution >= 0.6 is 11.3 Å². The summed E-state index contributed by atoms with van der Waals surface area (Å²) < 4.78 is 0. The standard InChI is InChI=1S/C16H17NOS/c1-11-7-13(10-17-9-11)16(18)15-8-12-5-3-2-4-6-14(12)19-15/h7-10H,2-6H2,1H3. The first-order valence-corrected chi connectivity index (χ1v) is 7.63. The Morgan fingerprint density at radius 3 is 2.84 bits per heavy atom. The second-order valence-corrected chi connectivity index (χ2v) is 6.34. The molecule has 98 valence electrons. The van der Waals surface area contributed by atoms with E-state index in [1.165, 1.54) is 29.7 Å². The fourth-order valence-electron chi connectivity index (χ4n) is 2.60. The Bertz CT molecular complexity index is 591. The molecular formula is C16H17NOS. The highest BCUT2D eigenvalue weighted by molar-refractivity contribution is 7.14. The summed E-state index contributed by atoms with van der Waals surface area (Å²) >= 11 is 1.68. The largest absolute Gasteiger partial charge is 0.288 e. The molecule has 0 unspecified atom stereocenters. The van der Waals surface area contributed by atoms with Crippen LogP contribution in [0.4, 0.5) is 0 Å². The van der Waals surface area contributed by atoms with E-state index in [1.807, 2.05) is 13.0 Å². The lowest BCUT2D eigenvalue weighted by Gasteiger charge is -1.99. The molecule has 0 saturated carbocycles. The minimum atomic E-state index is 0.120. The van der Waals surface area contributed by atoms with Crippen molar-refractivity contribution in [2.45, 2.75) is 39.0 Å². The van der Waals surface area contributed by atoms with Crippen molar-refractivity contribution in [2.75, 3.05) is 0 Å². The first-order valence-electron chi connectivity index (χ1n) is 6.82. The molecule has 0 aliphatic heterocycles. The zero-order chi connectivity index (χ0) is 13.2. The van der Waals surface area contributed by atoms with Crippen molar-refractivity contribution >= 4 is 17.1 Å². The van der Waals surface area contributed by atoms with Gasteiger partial charge in [-0.3, -0.25) is 9.78 Å². The van der Waals surface area contributed by atoms with Crippen LogP contribution in [0.1, 0.15) is 50.5 Å².